The van der Waals surface area contributed by atoms with Crippen LogP contribution in [-0.2, 0) is 9.59 Å². The van der Waals surface area contributed by atoms with Crippen molar-refractivity contribution >= 4 is 23.2 Å². The minimum atomic E-state index is -1.32. The van der Waals surface area contributed by atoms with Crippen LogP contribution in [-0.4, -0.2) is 17.9 Å². The summed E-state index contributed by atoms with van der Waals surface area (Å²) in [6, 6.07) is 10.0. The van der Waals surface area contributed by atoms with E-state index in [1.54, 1.807) is 24.3 Å². The average Bonchev–Trinajstić information content (AvgIpc) is 3.41. The fraction of sp³-hybridized carbons (Fsp3) is 0.300. The first-order valence-electron chi connectivity index (χ1n) is 8.65. The summed E-state index contributed by atoms with van der Waals surface area (Å²) in [6.07, 6.45) is 0.660. The van der Waals surface area contributed by atoms with Crippen LogP contribution < -0.4 is 15.4 Å². The van der Waals surface area contributed by atoms with E-state index in [2.05, 4.69) is 10.6 Å². The molecule has 0 radical (unpaired) electrons. The van der Waals surface area contributed by atoms with Crippen molar-refractivity contribution in [1.29, 1.82) is 0 Å². The van der Waals surface area contributed by atoms with E-state index >= 15 is 0 Å². The minimum Gasteiger partial charge on any atom is -0.491 e. The lowest BCUT2D eigenvalue weighted by atomic mass is 10.0. The Morgan fingerprint density at radius 2 is 1.52 bits per heavy atom. The summed E-state index contributed by atoms with van der Waals surface area (Å²) in [4.78, 5) is 25.1. The second kappa shape index (κ2) is 7.34. The number of ether oxygens (including phenoxy) is 1. The van der Waals surface area contributed by atoms with Crippen molar-refractivity contribution in [2.24, 2.45) is 5.41 Å². The Kier molecular flexibility index (Phi) is 5.12. The Morgan fingerprint density at radius 3 is 2.04 bits per heavy atom. The zero-order chi connectivity index (χ0) is 19.6. The average molecular weight is 374 g/mol. The summed E-state index contributed by atoms with van der Waals surface area (Å²) in [5, 5.41) is 4.89. The molecule has 0 aliphatic heterocycles. The Hall–Kier alpha value is -2.96. The molecule has 2 amide bonds. The number of benzene rings is 2. The van der Waals surface area contributed by atoms with Crippen LogP contribution in [0.1, 0.15) is 26.7 Å². The highest BCUT2D eigenvalue weighted by atomic mass is 19.1. The van der Waals surface area contributed by atoms with Crippen LogP contribution in [0.25, 0.3) is 0 Å². The van der Waals surface area contributed by atoms with Gasteiger partial charge in [-0.05, 0) is 63.1 Å². The molecular formula is C20H20F2N2O3. The summed E-state index contributed by atoms with van der Waals surface area (Å²) in [5.41, 5.74) is -1.36. The number of carbonyl (C=O) groups is 2. The lowest BCUT2D eigenvalue weighted by Crippen LogP contribution is -2.36. The molecule has 0 heterocycles. The van der Waals surface area contributed by atoms with Crippen molar-refractivity contribution in [3.63, 3.8) is 0 Å². The zero-order valence-electron chi connectivity index (χ0n) is 15.0. The van der Waals surface area contributed by atoms with Crippen molar-refractivity contribution < 1.29 is 23.1 Å². The van der Waals surface area contributed by atoms with Gasteiger partial charge in [0.1, 0.15) is 28.5 Å². The standard InChI is InChI=1S/C20H20F2N2O3/c1-12(2)27-14-8-6-13(7-9-14)23-18(25)20(10-11-20)19(26)24-17-15(21)4-3-5-16(17)22/h3-9,12H,10-11H2,1-2H3,(H,23,25)(H,24,26). The number of rotatable bonds is 6. The van der Waals surface area contributed by atoms with Crippen molar-refractivity contribution in [3.05, 3.63) is 54.1 Å². The van der Waals surface area contributed by atoms with Gasteiger partial charge in [0.15, 0.2) is 0 Å². The topological polar surface area (TPSA) is 67.4 Å². The molecule has 0 saturated heterocycles. The number of halogens is 2. The van der Waals surface area contributed by atoms with E-state index in [1.807, 2.05) is 13.8 Å². The number of hydrogen-bond acceptors (Lipinski definition) is 3. The molecule has 7 heteroatoms. The second-order valence-corrected chi connectivity index (χ2v) is 6.78. The summed E-state index contributed by atoms with van der Waals surface area (Å²) in [7, 11) is 0. The highest BCUT2D eigenvalue weighted by molar-refractivity contribution is 6.16. The quantitative estimate of drug-likeness (QED) is 0.748. The van der Waals surface area contributed by atoms with Gasteiger partial charge in [-0.15, -0.1) is 0 Å². The number of amides is 2. The predicted molar refractivity (Wildman–Crippen MR) is 97.5 cm³/mol. The van der Waals surface area contributed by atoms with Gasteiger partial charge in [-0.25, -0.2) is 8.78 Å². The van der Waals surface area contributed by atoms with Crippen molar-refractivity contribution in [1.82, 2.24) is 0 Å². The third-order valence-corrected chi connectivity index (χ3v) is 4.30. The van der Waals surface area contributed by atoms with E-state index in [0.29, 0.717) is 24.3 Å². The lowest BCUT2D eigenvalue weighted by molar-refractivity contribution is -0.131. The van der Waals surface area contributed by atoms with Crippen molar-refractivity contribution in [2.45, 2.75) is 32.8 Å². The normalized spacial score (nSPS) is 14.6. The van der Waals surface area contributed by atoms with Gasteiger partial charge < -0.3 is 15.4 Å². The third-order valence-electron chi connectivity index (χ3n) is 4.30. The van der Waals surface area contributed by atoms with E-state index in [1.165, 1.54) is 6.07 Å². The van der Waals surface area contributed by atoms with Crippen LogP contribution in [0.3, 0.4) is 0 Å². The molecule has 0 bridgehead atoms. The SMILES string of the molecule is CC(C)Oc1ccc(NC(=O)C2(C(=O)Nc3c(F)cccc3F)CC2)cc1. The fourth-order valence-corrected chi connectivity index (χ4v) is 2.67. The van der Waals surface area contributed by atoms with Crippen LogP contribution in [0.2, 0.25) is 0 Å². The maximum Gasteiger partial charge on any atom is 0.240 e. The molecule has 1 aliphatic carbocycles. The highest BCUT2D eigenvalue weighted by Gasteiger charge is 2.56. The van der Waals surface area contributed by atoms with Gasteiger partial charge in [0.05, 0.1) is 6.10 Å². The smallest absolute Gasteiger partial charge is 0.240 e. The molecule has 1 saturated carbocycles. The highest BCUT2D eigenvalue weighted by Crippen LogP contribution is 2.47. The molecule has 3 rings (SSSR count). The molecule has 5 nitrogen and oxygen atoms in total. The molecule has 0 unspecified atom stereocenters. The van der Waals surface area contributed by atoms with Crippen LogP contribution in [0.4, 0.5) is 20.2 Å². The number of carbonyl (C=O) groups excluding carboxylic acids is 2. The Morgan fingerprint density at radius 1 is 0.963 bits per heavy atom. The molecule has 0 atom stereocenters. The van der Waals surface area contributed by atoms with Crippen LogP contribution in [0.15, 0.2) is 42.5 Å². The largest absolute Gasteiger partial charge is 0.491 e. The summed E-state index contributed by atoms with van der Waals surface area (Å²) < 4.78 is 33.0. The first-order valence-corrected chi connectivity index (χ1v) is 8.65. The van der Waals surface area contributed by atoms with E-state index in [4.69, 9.17) is 4.74 Å². The minimum absolute atomic E-state index is 0.0302. The maximum atomic E-state index is 13.7. The molecule has 2 aromatic carbocycles. The fourth-order valence-electron chi connectivity index (χ4n) is 2.67. The van der Waals surface area contributed by atoms with Gasteiger partial charge in [0.25, 0.3) is 0 Å². The number of nitrogens with one attached hydrogen (secondary N) is 2. The van der Waals surface area contributed by atoms with Crippen molar-refractivity contribution in [2.75, 3.05) is 10.6 Å². The van der Waals surface area contributed by atoms with E-state index in [9.17, 15) is 18.4 Å². The monoisotopic (exact) mass is 374 g/mol. The van der Waals surface area contributed by atoms with E-state index < -0.39 is 34.6 Å². The van der Waals surface area contributed by atoms with Gasteiger partial charge >= 0.3 is 0 Å². The molecule has 2 aromatic rings. The first-order chi connectivity index (χ1) is 12.8. The number of anilines is 2. The summed E-state index contributed by atoms with van der Waals surface area (Å²) in [6.45, 7) is 3.81. The molecule has 1 fully saturated rings. The van der Waals surface area contributed by atoms with Gasteiger partial charge in [-0.3, -0.25) is 9.59 Å². The maximum absolute atomic E-state index is 13.7. The van der Waals surface area contributed by atoms with Crippen molar-refractivity contribution in [3.8, 4) is 5.75 Å². The van der Waals surface area contributed by atoms with E-state index in [-0.39, 0.29) is 6.10 Å². The van der Waals surface area contributed by atoms with Crippen LogP contribution >= 0.6 is 0 Å². The van der Waals surface area contributed by atoms with E-state index in [0.717, 1.165) is 12.1 Å². The van der Waals surface area contributed by atoms with Gasteiger partial charge in [-0.1, -0.05) is 6.07 Å². The zero-order valence-corrected chi connectivity index (χ0v) is 15.0. The molecule has 142 valence electrons. The summed E-state index contributed by atoms with van der Waals surface area (Å²) in [5.74, 6) is -2.34. The third kappa shape index (κ3) is 4.07. The van der Waals surface area contributed by atoms with Gasteiger partial charge in [-0.2, -0.15) is 0 Å². The molecular weight excluding hydrogens is 354 g/mol. The molecule has 2 N–H and O–H groups in total. The molecule has 27 heavy (non-hydrogen) atoms. The van der Waals surface area contributed by atoms with Crippen LogP contribution in [0, 0.1) is 17.0 Å². The molecule has 0 aromatic heterocycles. The Balaban J connectivity index is 1.68. The van der Waals surface area contributed by atoms with Crippen LogP contribution in [0.5, 0.6) is 5.75 Å². The molecule has 1 aliphatic rings. The molecule has 0 spiro atoms. The summed E-state index contributed by atoms with van der Waals surface area (Å²) >= 11 is 0. The Labute approximate surface area is 155 Å². The second-order valence-electron chi connectivity index (χ2n) is 6.78. The predicted octanol–water partition coefficient (Wildman–Crippen LogP) is 4.11. The lowest BCUT2D eigenvalue weighted by Gasteiger charge is -2.16. The Bertz CT molecular complexity index is 842. The number of para-hydroxylation sites is 1. The van der Waals surface area contributed by atoms with Gasteiger partial charge in [0, 0.05) is 5.69 Å². The van der Waals surface area contributed by atoms with Gasteiger partial charge in [0.2, 0.25) is 11.8 Å². The number of hydrogen-bond donors (Lipinski definition) is 2. The first kappa shape index (κ1) is 18.8.